The summed E-state index contributed by atoms with van der Waals surface area (Å²) in [4.78, 5) is 11.3. The summed E-state index contributed by atoms with van der Waals surface area (Å²) in [5.41, 5.74) is 0.305. The first-order valence-corrected chi connectivity index (χ1v) is 5.62. The number of benzene rings is 1. The molecule has 0 atom stereocenters. The van der Waals surface area contributed by atoms with Crippen LogP contribution in [0.3, 0.4) is 0 Å². The molecule has 0 saturated heterocycles. The molecule has 0 spiro atoms. The molecule has 1 aromatic rings. The molecule has 4 nitrogen and oxygen atoms in total. The number of halogens is 1. The number of aryl methyl sites for hydroxylation is 1. The molecule has 1 aliphatic carbocycles. The molecule has 5 heteroatoms. The van der Waals surface area contributed by atoms with Crippen LogP contribution in [0, 0.1) is 6.92 Å². The van der Waals surface area contributed by atoms with Crippen LogP contribution in [0.4, 0.5) is 0 Å². The van der Waals surface area contributed by atoms with Crippen LogP contribution < -0.4 is 4.74 Å². The van der Waals surface area contributed by atoms with Crippen LogP contribution >= 0.6 is 11.6 Å². The molecule has 1 aliphatic rings. The SMILES string of the molecule is COc1cc(C)c(C2(C(=O)O)CC2)c(Cl)c1O. The third kappa shape index (κ3) is 1.63. The lowest BCUT2D eigenvalue weighted by atomic mass is 9.91. The topological polar surface area (TPSA) is 66.8 Å². The van der Waals surface area contributed by atoms with E-state index in [1.807, 2.05) is 0 Å². The molecule has 0 aromatic heterocycles. The Bertz CT molecular complexity index is 492. The third-order valence-corrected chi connectivity index (χ3v) is 3.63. The van der Waals surface area contributed by atoms with E-state index >= 15 is 0 Å². The van der Waals surface area contributed by atoms with E-state index in [0.717, 1.165) is 5.56 Å². The number of rotatable bonds is 3. The summed E-state index contributed by atoms with van der Waals surface area (Å²) in [5.74, 6) is -0.827. The summed E-state index contributed by atoms with van der Waals surface area (Å²) in [6.07, 6.45) is 1.10. The molecule has 0 unspecified atom stereocenters. The van der Waals surface area contributed by atoms with Crippen LogP contribution in [0.25, 0.3) is 0 Å². The summed E-state index contributed by atoms with van der Waals surface area (Å²) >= 11 is 6.06. The number of phenolic OH excluding ortho intramolecular Hbond substituents is 1. The van der Waals surface area contributed by atoms with Crippen molar-refractivity contribution >= 4 is 17.6 Å². The minimum Gasteiger partial charge on any atom is -0.503 e. The van der Waals surface area contributed by atoms with Gasteiger partial charge < -0.3 is 14.9 Å². The van der Waals surface area contributed by atoms with Gasteiger partial charge in [0.05, 0.1) is 17.5 Å². The van der Waals surface area contributed by atoms with Gasteiger partial charge in [0.2, 0.25) is 0 Å². The Morgan fingerprint density at radius 1 is 1.53 bits per heavy atom. The highest BCUT2D eigenvalue weighted by atomic mass is 35.5. The highest BCUT2D eigenvalue weighted by molar-refractivity contribution is 6.33. The number of carboxylic acid groups (broad SMARTS) is 1. The van der Waals surface area contributed by atoms with Gasteiger partial charge in [-0.25, -0.2) is 0 Å². The standard InChI is InChI=1S/C12H13ClO4/c1-6-5-7(17-2)10(14)9(13)8(6)12(3-4-12)11(15)16/h5,14H,3-4H2,1-2H3,(H,15,16). The van der Waals surface area contributed by atoms with Gasteiger partial charge in [-0.1, -0.05) is 11.6 Å². The zero-order chi connectivity index (χ0) is 12.8. The quantitative estimate of drug-likeness (QED) is 0.872. The zero-order valence-electron chi connectivity index (χ0n) is 9.58. The molecule has 0 amide bonds. The number of ether oxygens (including phenoxy) is 1. The van der Waals surface area contributed by atoms with Gasteiger partial charge in [-0.2, -0.15) is 0 Å². The Labute approximate surface area is 104 Å². The molecule has 1 aromatic carbocycles. The van der Waals surface area contributed by atoms with E-state index in [4.69, 9.17) is 16.3 Å². The maximum absolute atomic E-state index is 11.3. The molecule has 0 bridgehead atoms. The first-order chi connectivity index (χ1) is 7.94. The minimum absolute atomic E-state index is 0.0850. The van der Waals surface area contributed by atoms with E-state index in [1.54, 1.807) is 13.0 Å². The second-order valence-electron chi connectivity index (χ2n) is 4.32. The van der Waals surface area contributed by atoms with Crippen molar-refractivity contribution in [3.63, 3.8) is 0 Å². The zero-order valence-corrected chi connectivity index (χ0v) is 10.3. The van der Waals surface area contributed by atoms with Crippen LogP contribution in [0.5, 0.6) is 11.5 Å². The summed E-state index contributed by atoms with van der Waals surface area (Å²) in [6.45, 7) is 1.77. The van der Waals surface area contributed by atoms with Gasteiger partial charge in [0.1, 0.15) is 0 Å². The summed E-state index contributed by atoms with van der Waals surface area (Å²) in [5, 5.41) is 19.2. The number of hydrogen-bond acceptors (Lipinski definition) is 3. The van der Waals surface area contributed by atoms with Crippen molar-refractivity contribution in [2.75, 3.05) is 7.11 Å². The predicted octanol–water partition coefficient (Wildman–Crippen LogP) is 2.48. The third-order valence-electron chi connectivity index (χ3n) is 3.26. The smallest absolute Gasteiger partial charge is 0.314 e. The maximum atomic E-state index is 11.3. The van der Waals surface area contributed by atoms with Gasteiger partial charge in [0, 0.05) is 0 Å². The highest BCUT2D eigenvalue weighted by Gasteiger charge is 2.54. The number of methoxy groups -OCH3 is 1. The van der Waals surface area contributed by atoms with Crippen LogP contribution in [0.1, 0.15) is 24.0 Å². The van der Waals surface area contributed by atoms with Crippen molar-refractivity contribution < 1.29 is 19.7 Å². The van der Waals surface area contributed by atoms with Gasteiger partial charge in [-0.3, -0.25) is 4.79 Å². The van der Waals surface area contributed by atoms with E-state index in [2.05, 4.69) is 0 Å². The van der Waals surface area contributed by atoms with Crippen molar-refractivity contribution in [2.45, 2.75) is 25.2 Å². The molecule has 2 N–H and O–H groups in total. The van der Waals surface area contributed by atoms with Crippen LogP contribution in [-0.2, 0) is 10.2 Å². The average molecular weight is 257 g/mol. The van der Waals surface area contributed by atoms with E-state index in [0.29, 0.717) is 18.4 Å². The lowest BCUT2D eigenvalue weighted by Crippen LogP contribution is -2.21. The Morgan fingerprint density at radius 2 is 2.12 bits per heavy atom. The number of phenols is 1. The largest absolute Gasteiger partial charge is 0.503 e. The fraction of sp³-hybridized carbons (Fsp3) is 0.417. The molecule has 0 heterocycles. The van der Waals surface area contributed by atoms with Gasteiger partial charge in [-0.05, 0) is 37.0 Å². The van der Waals surface area contributed by atoms with Crippen LogP contribution in [-0.4, -0.2) is 23.3 Å². The molecule has 2 rings (SSSR count). The molecular formula is C12H13ClO4. The van der Waals surface area contributed by atoms with Crippen molar-refractivity contribution in [1.29, 1.82) is 0 Å². The van der Waals surface area contributed by atoms with Crippen molar-refractivity contribution in [3.05, 3.63) is 22.2 Å². The second-order valence-corrected chi connectivity index (χ2v) is 4.70. The molecule has 17 heavy (non-hydrogen) atoms. The van der Waals surface area contributed by atoms with Crippen LogP contribution in [0.2, 0.25) is 5.02 Å². The number of aliphatic carboxylic acids is 1. The first kappa shape index (κ1) is 12.0. The summed E-state index contributed by atoms with van der Waals surface area (Å²) in [7, 11) is 1.43. The van der Waals surface area contributed by atoms with E-state index in [-0.39, 0.29) is 16.5 Å². The number of aromatic hydroxyl groups is 1. The monoisotopic (exact) mass is 256 g/mol. The predicted molar refractivity (Wildman–Crippen MR) is 63.0 cm³/mol. The Morgan fingerprint density at radius 3 is 2.53 bits per heavy atom. The fourth-order valence-corrected chi connectivity index (χ4v) is 2.60. The highest BCUT2D eigenvalue weighted by Crippen LogP contribution is 2.54. The molecule has 1 saturated carbocycles. The Hall–Kier alpha value is -1.42. The summed E-state index contributed by atoms with van der Waals surface area (Å²) < 4.78 is 4.97. The second kappa shape index (κ2) is 3.81. The average Bonchev–Trinajstić information content (AvgIpc) is 3.05. The van der Waals surface area contributed by atoms with Gasteiger partial charge in [0.25, 0.3) is 0 Å². The maximum Gasteiger partial charge on any atom is 0.314 e. The first-order valence-electron chi connectivity index (χ1n) is 5.24. The number of carboxylic acids is 1. The van der Waals surface area contributed by atoms with E-state index < -0.39 is 11.4 Å². The Balaban J connectivity index is 2.64. The van der Waals surface area contributed by atoms with Crippen molar-refractivity contribution in [3.8, 4) is 11.5 Å². The number of carbonyl (C=O) groups is 1. The lowest BCUT2D eigenvalue weighted by molar-refractivity contribution is -0.140. The molecule has 0 aliphatic heterocycles. The molecule has 1 fully saturated rings. The van der Waals surface area contributed by atoms with Gasteiger partial charge in [-0.15, -0.1) is 0 Å². The van der Waals surface area contributed by atoms with Crippen molar-refractivity contribution in [2.24, 2.45) is 0 Å². The molecular weight excluding hydrogens is 244 g/mol. The molecule has 92 valence electrons. The molecule has 0 radical (unpaired) electrons. The minimum atomic E-state index is -0.926. The number of hydrogen-bond donors (Lipinski definition) is 2. The fourth-order valence-electron chi connectivity index (χ4n) is 2.18. The summed E-state index contributed by atoms with van der Waals surface area (Å²) in [6, 6.07) is 1.61. The van der Waals surface area contributed by atoms with Crippen molar-refractivity contribution in [1.82, 2.24) is 0 Å². The van der Waals surface area contributed by atoms with Gasteiger partial charge >= 0.3 is 5.97 Å². The van der Waals surface area contributed by atoms with E-state index in [9.17, 15) is 15.0 Å². The van der Waals surface area contributed by atoms with Crippen LogP contribution in [0.15, 0.2) is 6.07 Å². The normalized spacial score (nSPS) is 16.6. The van der Waals surface area contributed by atoms with Gasteiger partial charge in [0.15, 0.2) is 11.5 Å². The Kier molecular flexibility index (Phi) is 2.70. The van der Waals surface area contributed by atoms with E-state index in [1.165, 1.54) is 7.11 Å². The lowest BCUT2D eigenvalue weighted by Gasteiger charge is -2.18.